The third-order valence-corrected chi connectivity index (χ3v) is 0. The Labute approximate surface area is 97.9 Å². The van der Waals surface area contributed by atoms with E-state index in [2.05, 4.69) is 0 Å². The summed E-state index contributed by atoms with van der Waals surface area (Å²) in [5.74, 6) is 0. The van der Waals surface area contributed by atoms with E-state index in [1.54, 1.807) is 0 Å². The average molecular weight is 672 g/mol. The first-order chi connectivity index (χ1) is 0. The molecule has 4 heteroatoms. The molecule has 2 radical (unpaired) electrons. The van der Waals surface area contributed by atoms with E-state index < -0.39 is 0 Å². The smallest absolute Gasteiger partial charge is 0 e. The predicted octanol–water partition coefficient (Wildman–Crippen LogP) is -0.00750. The summed E-state index contributed by atoms with van der Waals surface area (Å²) in [4.78, 5) is 0. The minimum absolute atomic E-state index is 0. The molecule has 0 saturated carbocycles. The molecule has 0 aliphatic heterocycles. The summed E-state index contributed by atoms with van der Waals surface area (Å²) < 4.78 is 0. The molecule has 30 valence electrons. The molecule has 0 unspecified atom stereocenters. The Morgan fingerprint density at radius 2 is 1.00 bits per heavy atom. The molecule has 0 atom stereocenters. The van der Waals surface area contributed by atoms with Gasteiger partial charge < -0.3 is 0 Å². The van der Waals surface area contributed by atoms with Crippen molar-refractivity contribution in [3.8, 4) is 0 Å². The molecule has 0 N–H and O–H groups in total. The van der Waals surface area contributed by atoms with E-state index in [0.717, 1.165) is 0 Å². The molecule has 0 saturated heterocycles. The van der Waals surface area contributed by atoms with Crippen molar-refractivity contribution in [2.45, 2.75) is 0 Å². The Kier molecular flexibility index (Phi) is 109. The molecule has 0 rings (SSSR count). The summed E-state index contributed by atoms with van der Waals surface area (Å²) in [7, 11) is 0. The SMILES string of the molecule is [Au].[Co].[Th].[W]. The Morgan fingerprint density at radius 3 is 1.00 bits per heavy atom. The first-order valence-corrected chi connectivity index (χ1v) is 0. The van der Waals surface area contributed by atoms with Crippen LogP contribution in [0.4, 0.5) is 0 Å². The zero-order valence-corrected chi connectivity index (χ0v) is 11.8. The van der Waals surface area contributed by atoms with Crippen LogP contribution >= 0.6 is 0 Å². The van der Waals surface area contributed by atoms with Gasteiger partial charge in [0.15, 0.2) is 0 Å². The summed E-state index contributed by atoms with van der Waals surface area (Å²) in [6.45, 7) is 0. The van der Waals surface area contributed by atoms with E-state index in [1.165, 1.54) is 0 Å². The van der Waals surface area contributed by atoms with Crippen LogP contribution in [0.15, 0.2) is 0 Å². The summed E-state index contributed by atoms with van der Waals surface area (Å²) >= 11 is 0. The van der Waals surface area contributed by atoms with Crippen LogP contribution < -0.4 is 0 Å². The van der Waals surface area contributed by atoms with E-state index in [4.69, 9.17) is 0 Å². The van der Waals surface area contributed by atoms with Crippen molar-refractivity contribution >= 4 is 0 Å². The molecule has 0 aromatic carbocycles. The van der Waals surface area contributed by atoms with Gasteiger partial charge in [-0.25, -0.2) is 0 Å². The van der Waals surface area contributed by atoms with Gasteiger partial charge in [0, 0.05) is 100 Å². The van der Waals surface area contributed by atoms with Crippen LogP contribution in [0.5, 0.6) is 0 Å². The first kappa shape index (κ1) is 26.8. The van der Waals surface area contributed by atoms with Gasteiger partial charge in [0.05, 0.1) is 0 Å². The average Bonchev–Trinajstić information content (AvgIpc) is 0. The second-order valence-electron chi connectivity index (χ2n) is 0. The summed E-state index contributed by atoms with van der Waals surface area (Å²) in [6.07, 6.45) is 0. The maximum absolute atomic E-state index is 0. The van der Waals surface area contributed by atoms with E-state index in [0.29, 0.717) is 0 Å². The fourth-order valence-corrected chi connectivity index (χ4v) is 0. The fraction of sp³-hybridized carbons (Fsp3) is 0. The van der Waals surface area contributed by atoms with E-state index in [9.17, 15) is 0 Å². The molecule has 0 bridgehead atoms. The van der Waals surface area contributed by atoms with Crippen molar-refractivity contribution in [2.24, 2.45) is 0 Å². The third-order valence-electron chi connectivity index (χ3n) is 0. The van der Waals surface area contributed by atoms with Crippen molar-refractivity contribution in [3.63, 3.8) is 0 Å². The zero-order valence-electron chi connectivity index (χ0n) is 1.54. The zero-order chi connectivity index (χ0) is 0. The van der Waals surface area contributed by atoms with Crippen LogP contribution in [0.25, 0.3) is 0 Å². The van der Waals surface area contributed by atoms with Gasteiger partial charge in [-0.2, -0.15) is 0 Å². The van der Waals surface area contributed by atoms with Crippen LogP contribution in [0.3, 0.4) is 0 Å². The van der Waals surface area contributed by atoms with Crippen LogP contribution in [0.1, 0.15) is 0 Å². The van der Waals surface area contributed by atoms with Gasteiger partial charge >= 0.3 is 0 Å². The molecular formula is AuCoThW. The first-order valence-electron chi connectivity index (χ1n) is 0. The van der Waals surface area contributed by atoms with Crippen molar-refractivity contribution in [2.75, 3.05) is 0 Å². The molecular weight excluding hydrogens is 672 g/mol. The molecule has 0 heterocycles. The van der Waals surface area contributed by atoms with Crippen molar-refractivity contribution < 1.29 is 100 Å². The second kappa shape index (κ2) is 16.3. The maximum atomic E-state index is 0. The normalized spacial score (nSPS) is 0. The van der Waals surface area contributed by atoms with Crippen LogP contribution in [0.2, 0.25) is 0 Å². The number of rotatable bonds is 0. The molecule has 0 aliphatic carbocycles. The van der Waals surface area contributed by atoms with E-state index >= 15 is 0 Å². The van der Waals surface area contributed by atoms with Gasteiger partial charge in [0.1, 0.15) is 0 Å². The van der Waals surface area contributed by atoms with Gasteiger partial charge in [-0.1, -0.05) is 0 Å². The minimum atomic E-state index is 0. The largest absolute Gasteiger partial charge is 0 e. The Hall–Kier alpha value is 3.26. The fourth-order valence-electron chi connectivity index (χ4n) is 0. The van der Waals surface area contributed by atoms with Gasteiger partial charge in [-0.15, -0.1) is 0 Å². The summed E-state index contributed by atoms with van der Waals surface area (Å²) in [5, 5.41) is 0. The standard InChI is InChI=1S/Au.Co.Th.W. The minimum Gasteiger partial charge on any atom is 0 e. The topological polar surface area (TPSA) is 0 Å². The number of hydrogen-bond donors (Lipinski definition) is 0. The molecule has 0 aliphatic rings. The Bertz CT molecular complexity index is 8.00. The van der Waals surface area contributed by atoms with Gasteiger partial charge in [0.25, 0.3) is 0 Å². The molecule has 0 spiro atoms. The summed E-state index contributed by atoms with van der Waals surface area (Å²) in [5.41, 5.74) is 0. The van der Waals surface area contributed by atoms with Gasteiger partial charge in [-0.05, 0) is 0 Å². The Morgan fingerprint density at radius 1 is 1.00 bits per heavy atom. The van der Waals surface area contributed by atoms with Crippen LogP contribution in [-0.2, 0) is 60.2 Å². The predicted molar refractivity (Wildman–Crippen MR) is 0 cm³/mol. The number of hydrogen-bond acceptors (Lipinski definition) is 0. The molecule has 0 aromatic heterocycles. The van der Waals surface area contributed by atoms with Gasteiger partial charge in [-0.3, -0.25) is 0 Å². The van der Waals surface area contributed by atoms with Crippen molar-refractivity contribution in [1.29, 1.82) is 0 Å². The van der Waals surface area contributed by atoms with Crippen molar-refractivity contribution in [1.82, 2.24) is 0 Å². The Balaban J connectivity index is 0. The summed E-state index contributed by atoms with van der Waals surface area (Å²) in [6, 6.07) is 0. The van der Waals surface area contributed by atoms with Crippen LogP contribution in [0, 0.1) is 39.9 Å². The quantitative estimate of drug-likeness (QED) is 0.319. The van der Waals surface area contributed by atoms with Crippen molar-refractivity contribution in [3.05, 3.63) is 0 Å². The van der Waals surface area contributed by atoms with Crippen LogP contribution in [-0.4, -0.2) is 0 Å². The molecule has 0 fully saturated rings. The van der Waals surface area contributed by atoms with E-state index in [1.807, 2.05) is 0 Å². The second-order valence-corrected chi connectivity index (χ2v) is 0. The monoisotopic (exact) mass is 672 g/mol. The van der Waals surface area contributed by atoms with E-state index in [-0.39, 0.29) is 100 Å². The molecule has 4 heavy (non-hydrogen) atoms. The maximum Gasteiger partial charge on any atom is 0 e. The van der Waals surface area contributed by atoms with Gasteiger partial charge in [0.2, 0.25) is 0 Å². The molecule has 0 amide bonds. The molecule has 0 nitrogen and oxygen atoms in total. The molecule has 0 aromatic rings. The third kappa shape index (κ3) is 8.98.